The maximum atomic E-state index is 11.1. The van der Waals surface area contributed by atoms with Crippen LogP contribution < -0.4 is 0 Å². The normalized spacial score (nSPS) is 12.0. The third-order valence-corrected chi connectivity index (χ3v) is 0.463. The summed E-state index contributed by atoms with van der Waals surface area (Å²) < 4.78 is 11.1. The molecule has 0 aliphatic heterocycles. The van der Waals surface area contributed by atoms with Crippen molar-refractivity contribution in [1.82, 2.24) is 0 Å². The highest BCUT2D eigenvalue weighted by Crippen LogP contribution is 1.96. The van der Waals surface area contributed by atoms with Gasteiger partial charge in [0, 0.05) is 0 Å². The Bertz CT molecular complexity index is 44.9. The van der Waals surface area contributed by atoms with E-state index in [1.807, 2.05) is 0 Å². The average Bonchev–Trinajstić information content (AvgIpc) is 1.38. The molecule has 0 fully saturated rings. The summed E-state index contributed by atoms with van der Waals surface area (Å²) in [5, 5.41) is -0.537. The Morgan fingerprint density at radius 2 is 2.20 bits per heavy atom. The Morgan fingerprint density at radius 1 is 2.00 bits per heavy atom. The van der Waals surface area contributed by atoms with E-state index in [0.717, 1.165) is 0 Å². The molecule has 5 heavy (non-hydrogen) atoms. The summed E-state index contributed by atoms with van der Waals surface area (Å²) >= 11 is 3.97. The number of halogens is 1. The number of rotatable bonds is 0. The first kappa shape index (κ1) is 4.89. The van der Waals surface area contributed by atoms with Gasteiger partial charge in [0.05, 0.1) is 0 Å². The molecule has 0 nitrogen and oxygen atoms in total. The molecule has 0 amide bonds. The zero-order valence-electron chi connectivity index (χ0n) is 2.86. The quantitative estimate of drug-likeness (QED) is 0.428. The smallest absolute Gasteiger partial charge is 0.181 e. The highest BCUT2D eigenvalue weighted by atomic mass is 32.1. The maximum Gasteiger partial charge on any atom is 0.181 e. The van der Waals surface area contributed by atoms with Crippen LogP contribution in [0.2, 0.25) is 0 Å². The molecule has 0 aliphatic carbocycles. The Hall–Kier alpha value is -0.110. The van der Waals surface area contributed by atoms with Gasteiger partial charge in [-0.15, -0.1) is 0 Å². The fourth-order valence-electron chi connectivity index (χ4n) is 0. The molecule has 0 aromatic carbocycles. The first-order valence-corrected chi connectivity index (χ1v) is 1.67. The Morgan fingerprint density at radius 3 is 2.20 bits per heavy atom. The highest BCUT2D eigenvalue weighted by Gasteiger charge is 1.71. The average molecular weight is 91.1 g/mol. The predicted molar refractivity (Wildman–Crippen MR) is 22.5 cm³/mol. The van der Waals surface area contributed by atoms with Crippen molar-refractivity contribution in [2.45, 2.75) is 6.92 Å². The third kappa shape index (κ3) is 3.89. The van der Waals surface area contributed by atoms with E-state index < -0.39 is 5.16 Å². The lowest BCUT2D eigenvalue weighted by Gasteiger charge is -1.64. The van der Waals surface area contributed by atoms with Crippen LogP contribution in [0.15, 0.2) is 11.2 Å². The van der Waals surface area contributed by atoms with Gasteiger partial charge in [0.1, 0.15) is 0 Å². The van der Waals surface area contributed by atoms with Crippen molar-refractivity contribution in [1.29, 1.82) is 0 Å². The van der Waals surface area contributed by atoms with Crippen molar-refractivity contribution in [2.75, 3.05) is 0 Å². The van der Waals surface area contributed by atoms with Gasteiger partial charge in [-0.1, -0.05) is 0 Å². The summed E-state index contributed by atoms with van der Waals surface area (Å²) in [6, 6.07) is 0. The highest BCUT2D eigenvalue weighted by molar-refractivity contribution is 7.84. The van der Waals surface area contributed by atoms with Crippen molar-refractivity contribution >= 4 is 12.6 Å². The Balaban J connectivity index is 3.14. The summed E-state index contributed by atoms with van der Waals surface area (Å²) in [5.74, 6) is 0. The monoisotopic (exact) mass is 91.0 g/mol. The van der Waals surface area contributed by atoms with Crippen LogP contribution in [0.1, 0.15) is 6.92 Å². The van der Waals surface area contributed by atoms with Gasteiger partial charge in [0.2, 0.25) is 0 Å². The molecule has 1 radical (unpaired) electrons. The van der Waals surface area contributed by atoms with Gasteiger partial charge in [-0.2, -0.15) is 4.39 Å². The van der Waals surface area contributed by atoms with Crippen molar-refractivity contribution < 1.29 is 4.39 Å². The first-order valence-electron chi connectivity index (χ1n) is 1.26. The summed E-state index contributed by atoms with van der Waals surface area (Å²) in [7, 11) is 0. The Kier molecular flexibility index (Phi) is 2.10. The molecule has 29 valence electrons. The lowest BCUT2D eigenvalue weighted by molar-refractivity contribution is 0.700. The topological polar surface area (TPSA) is 0 Å². The van der Waals surface area contributed by atoms with Crippen LogP contribution in [-0.2, 0) is 0 Å². The fourth-order valence-corrected chi connectivity index (χ4v) is 0. The minimum Gasteiger partial charge on any atom is -0.195 e. The van der Waals surface area contributed by atoms with E-state index in [2.05, 4.69) is 12.6 Å². The molecule has 0 atom stereocenters. The van der Waals surface area contributed by atoms with Gasteiger partial charge in [0.15, 0.2) is 5.16 Å². The van der Waals surface area contributed by atoms with E-state index in [0.29, 0.717) is 0 Å². The van der Waals surface area contributed by atoms with Gasteiger partial charge >= 0.3 is 0 Å². The van der Waals surface area contributed by atoms with Gasteiger partial charge in [-0.3, -0.25) is 0 Å². The van der Waals surface area contributed by atoms with Crippen LogP contribution in [0.5, 0.6) is 0 Å². The van der Waals surface area contributed by atoms with E-state index in [-0.39, 0.29) is 0 Å². The maximum absolute atomic E-state index is 11.1. The zero-order valence-corrected chi connectivity index (χ0v) is 3.68. The molecular weight excluding hydrogens is 87.1 g/mol. The molecule has 2 heteroatoms. The lowest BCUT2D eigenvalue weighted by atomic mass is 10.8. The molecule has 0 aliphatic rings. The van der Waals surface area contributed by atoms with Gasteiger partial charge < -0.3 is 0 Å². The zero-order chi connectivity index (χ0) is 4.28. The van der Waals surface area contributed by atoms with Crippen LogP contribution in [-0.4, -0.2) is 0 Å². The van der Waals surface area contributed by atoms with Gasteiger partial charge in [-0.25, -0.2) is 0 Å². The molecule has 0 unspecified atom stereocenters. The molecule has 0 N–H and O–H groups in total. The summed E-state index contributed by atoms with van der Waals surface area (Å²) in [5.41, 5.74) is 0. The molecule has 0 rings (SSSR count). The van der Waals surface area contributed by atoms with Gasteiger partial charge in [-0.05, 0) is 25.6 Å². The summed E-state index contributed by atoms with van der Waals surface area (Å²) in [6.07, 6.45) is 1.23. The molecular formula is C3H4FS. The fraction of sp³-hybridized carbons (Fsp3) is 0.333. The van der Waals surface area contributed by atoms with E-state index in [4.69, 9.17) is 0 Å². The molecule has 0 spiro atoms. The van der Waals surface area contributed by atoms with E-state index in [9.17, 15) is 4.39 Å². The van der Waals surface area contributed by atoms with E-state index >= 15 is 0 Å². The summed E-state index contributed by atoms with van der Waals surface area (Å²) in [6.45, 7) is 1.56. The van der Waals surface area contributed by atoms with Crippen molar-refractivity contribution in [3.8, 4) is 0 Å². The third-order valence-electron chi connectivity index (χ3n) is 0.227. The van der Waals surface area contributed by atoms with Crippen LogP contribution in [0.4, 0.5) is 4.39 Å². The Labute approximate surface area is 36.1 Å². The van der Waals surface area contributed by atoms with Crippen LogP contribution in [0, 0.1) is 0 Å². The number of hydrogen-bond acceptors (Lipinski definition) is 0. The molecule has 0 bridgehead atoms. The largest absolute Gasteiger partial charge is 0.195 e. The lowest BCUT2D eigenvalue weighted by Crippen LogP contribution is -1.41. The summed E-state index contributed by atoms with van der Waals surface area (Å²) in [4.78, 5) is 0. The molecule has 0 aromatic heterocycles. The molecule has 0 heterocycles. The van der Waals surface area contributed by atoms with Crippen molar-refractivity contribution in [2.24, 2.45) is 0 Å². The molecule has 0 saturated heterocycles. The predicted octanol–water partition coefficient (Wildman–Crippen LogP) is 2.01. The standard InChI is InChI=1S/C3H4FS/c1-2-3(4)5/h2H,1H3/b3-2-. The van der Waals surface area contributed by atoms with Crippen molar-refractivity contribution in [3.63, 3.8) is 0 Å². The number of allylic oxidation sites excluding steroid dienone is 1. The number of hydrogen-bond donors (Lipinski definition) is 0. The second-order valence-corrected chi connectivity index (χ2v) is 0.983. The molecule has 0 aromatic rings. The van der Waals surface area contributed by atoms with Crippen LogP contribution in [0.25, 0.3) is 0 Å². The second-order valence-electron chi connectivity index (χ2n) is 0.593. The minimum atomic E-state index is -0.537. The first-order chi connectivity index (χ1) is 2.27. The van der Waals surface area contributed by atoms with Crippen LogP contribution in [0.3, 0.4) is 0 Å². The van der Waals surface area contributed by atoms with Gasteiger partial charge in [0.25, 0.3) is 0 Å². The molecule has 0 saturated carbocycles. The van der Waals surface area contributed by atoms with Crippen LogP contribution >= 0.6 is 12.6 Å². The van der Waals surface area contributed by atoms with Crippen molar-refractivity contribution in [3.05, 3.63) is 11.2 Å². The van der Waals surface area contributed by atoms with E-state index in [1.54, 1.807) is 6.92 Å². The SMILES string of the molecule is C/C=C(/F)[S]. The minimum absolute atomic E-state index is 0.537. The second kappa shape index (κ2) is 2.15. The van der Waals surface area contributed by atoms with E-state index in [1.165, 1.54) is 6.08 Å².